The number of imide groups is 1. The third-order valence-corrected chi connectivity index (χ3v) is 4.69. The maximum Gasteiger partial charge on any atom is 0.324 e. The summed E-state index contributed by atoms with van der Waals surface area (Å²) in [4.78, 5) is 27.5. The third kappa shape index (κ3) is 3.10. The van der Waals surface area contributed by atoms with Crippen LogP contribution in [0.3, 0.4) is 0 Å². The Hall–Kier alpha value is -1.59. The first-order valence-corrected chi connectivity index (χ1v) is 8.04. The summed E-state index contributed by atoms with van der Waals surface area (Å²) in [6, 6.07) is 7.89. The lowest BCUT2D eigenvalue weighted by molar-refractivity contribution is -0.129. The van der Waals surface area contributed by atoms with Crippen LogP contribution in [0.15, 0.2) is 24.3 Å². The van der Waals surface area contributed by atoms with Crippen molar-refractivity contribution in [2.75, 3.05) is 19.6 Å². The molecule has 0 bridgehead atoms. The second kappa shape index (κ2) is 6.26. The molecule has 1 unspecified atom stereocenters. The number of nitrogens with zero attached hydrogens (tertiary/aromatic N) is 2. The molecule has 22 heavy (non-hydrogen) atoms. The van der Waals surface area contributed by atoms with E-state index in [-0.39, 0.29) is 24.5 Å². The van der Waals surface area contributed by atoms with Gasteiger partial charge in [-0.05, 0) is 31.4 Å². The molecule has 0 aromatic heterocycles. The number of amides is 3. The Morgan fingerprint density at radius 1 is 1.45 bits per heavy atom. The van der Waals surface area contributed by atoms with Gasteiger partial charge in [0.1, 0.15) is 0 Å². The number of carbonyl (C=O) groups is 2. The van der Waals surface area contributed by atoms with Crippen molar-refractivity contribution >= 4 is 23.5 Å². The molecule has 2 fully saturated rings. The van der Waals surface area contributed by atoms with Crippen molar-refractivity contribution in [1.29, 1.82) is 0 Å². The monoisotopic (exact) mass is 321 g/mol. The maximum absolute atomic E-state index is 12.4. The number of hydrogen-bond donors (Lipinski definition) is 1. The number of benzene rings is 1. The van der Waals surface area contributed by atoms with E-state index in [1.807, 2.05) is 24.3 Å². The van der Waals surface area contributed by atoms with Gasteiger partial charge in [0.25, 0.3) is 0 Å². The van der Waals surface area contributed by atoms with Crippen molar-refractivity contribution in [2.45, 2.75) is 31.8 Å². The third-order valence-electron chi connectivity index (χ3n) is 4.34. The van der Waals surface area contributed by atoms with Crippen molar-refractivity contribution in [2.24, 2.45) is 0 Å². The van der Waals surface area contributed by atoms with E-state index in [1.54, 1.807) is 0 Å². The van der Waals surface area contributed by atoms with E-state index in [2.05, 4.69) is 17.1 Å². The lowest BCUT2D eigenvalue weighted by atomic mass is 10.1. The summed E-state index contributed by atoms with van der Waals surface area (Å²) < 4.78 is 0. The summed E-state index contributed by atoms with van der Waals surface area (Å²) in [6.45, 7) is 3.31. The number of urea groups is 1. The van der Waals surface area contributed by atoms with Crippen LogP contribution in [0.4, 0.5) is 4.79 Å². The van der Waals surface area contributed by atoms with Gasteiger partial charge in [-0.1, -0.05) is 29.8 Å². The summed E-state index contributed by atoms with van der Waals surface area (Å²) in [5.41, 5.74) is 1.02. The van der Waals surface area contributed by atoms with Gasteiger partial charge < -0.3 is 5.32 Å². The fourth-order valence-electron chi connectivity index (χ4n) is 2.93. The minimum absolute atomic E-state index is 0.0517. The predicted octanol–water partition coefficient (Wildman–Crippen LogP) is 2.42. The van der Waals surface area contributed by atoms with Gasteiger partial charge in [-0.15, -0.1) is 0 Å². The first-order chi connectivity index (χ1) is 10.6. The van der Waals surface area contributed by atoms with Gasteiger partial charge in [0, 0.05) is 30.2 Å². The van der Waals surface area contributed by atoms with E-state index in [4.69, 9.17) is 11.6 Å². The highest BCUT2D eigenvalue weighted by atomic mass is 35.5. The molecular weight excluding hydrogens is 302 g/mol. The summed E-state index contributed by atoms with van der Waals surface area (Å²) in [6.07, 6.45) is 2.18. The fourth-order valence-corrected chi connectivity index (χ4v) is 3.23. The number of hydrogen-bond acceptors (Lipinski definition) is 3. The molecule has 6 heteroatoms. The zero-order chi connectivity index (χ0) is 15.7. The highest BCUT2D eigenvalue weighted by Crippen LogP contribution is 2.36. The average molecular weight is 322 g/mol. The smallest absolute Gasteiger partial charge is 0.324 e. The van der Waals surface area contributed by atoms with E-state index in [0.29, 0.717) is 24.2 Å². The van der Waals surface area contributed by atoms with Gasteiger partial charge >= 0.3 is 6.03 Å². The molecule has 1 aromatic carbocycles. The molecule has 2 aliphatic rings. The zero-order valence-electron chi connectivity index (χ0n) is 12.6. The molecule has 1 saturated carbocycles. The number of rotatable bonds is 5. The molecule has 1 N–H and O–H groups in total. The first kappa shape index (κ1) is 15.3. The van der Waals surface area contributed by atoms with E-state index in [1.165, 1.54) is 4.90 Å². The molecule has 3 amide bonds. The van der Waals surface area contributed by atoms with Crippen LogP contribution in [0, 0.1) is 0 Å². The number of halogens is 1. The highest BCUT2D eigenvalue weighted by Gasteiger charge is 2.37. The Balaban J connectivity index is 1.74. The lowest BCUT2D eigenvalue weighted by Gasteiger charge is -2.30. The molecule has 1 aliphatic carbocycles. The quantitative estimate of drug-likeness (QED) is 0.906. The lowest BCUT2D eigenvalue weighted by Crippen LogP contribution is -2.43. The molecular formula is C16H20ClN3O2. The van der Waals surface area contributed by atoms with Crippen molar-refractivity contribution in [3.63, 3.8) is 0 Å². The van der Waals surface area contributed by atoms with Gasteiger partial charge in [0.15, 0.2) is 0 Å². The van der Waals surface area contributed by atoms with Crippen molar-refractivity contribution in [1.82, 2.24) is 15.1 Å². The van der Waals surface area contributed by atoms with Crippen LogP contribution in [0.1, 0.15) is 31.4 Å². The normalized spacial score (nSPS) is 19.4. The Kier molecular flexibility index (Phi) is 4.36. The SMILES string of the molecule is CC(c1ccccc1Cl)N(CC(=O)N1CCNC1=O)C1CC1. The molecule has 0 radical (unpaired) electrons. The molecule has 0 spiro atoms. The van der Waals surface area contributed by atoms with Crippen LogP contribution in [-0.4, -0.2) is 47.4 Å². The molecule has 5 nitrogen and oxygen atoms in total. The standard InChI is InChI=1S/C16H20ClN3O2/c1-11(13-4-2-3-5-14(13)17)20(12-6-7-12)10-15(21)19-9-8-18-16(19)22/h2-5,11-12H,6-10H2,1H3,(H,18,22). The summed E-state index contributed by atoms with van der Waals surface area (Å²) in [7, 11) is 0. The molecule has 1 atom stereocenters. The van der Waals surface area contributed by atoms with Crippen molar-refractivity contribution in [3.8, 4) is 0 Å². The van der Waals surface area contributed by atoms with Crippen LogP contribution < -0.4 is 5.32 Å². The fraction of sp³-hybridized carbons (Fsp3) is 0.500. The Bertz CT molecular complexity index is 589. The predicted molar refractivity (Wildman–Crippen MR) is 84.7 cm³/mol. The maximum atomic E-state index is 12.4. The van der Waals surface area contributed by atoms with Crippen molar-refractivity contribution in [3.05, 3.63) is 34.9 Å². The average Bonchev–Trinajstić information content (AvgIpc) is 3.25. The van der Waals surface area contributed by atoms with Gasteiger partial charge in [0.2, 0.25) is 5.91 Å². The highest BCUT2D eigenvalue weighted by molar-refractivity contribution is 6.31. The second-order valence-electron chi connectivity index (χ2n) is 5.88. The van der Waals surface area contributed by atoms with Crippen molar-refractivity contribution < 1.29 is 9.59 Å². The van der Waals surface area contributed by atoms with Gasteiger partial charge in [-0.2, -0.15) is 0 Å². The minimum Gasteiger partial charge on any atom is -0.336 e. The first-order valence-electron chi connectivity index (χ1n) is 7.66. The van der Waals surface area contributed by atoms with Crippen LogP contribution in [0.25, 0.3) is 0 Å². The van der Waals surface area contributed by atoms with Gasteiger partial charge in [0.05, 0.1) is 6.54 Å². The zero-order valence-corrected chi connectivity index (χ0v) is 13.3. The minimum atomic E-state index is -0.286. The second-order valence-corrected chi connectivity index (χ2v) is 6.29. The summed E-state index contributed by atoms with van der Waals surface area (Å²) in [5.74, 6) is -0.138. The van der Waals surface area contributed by atoms with E-state index in [9.17, 15) is 9.59 Å². The van der Waals surface area contributed by atoms with Gasteiger partial charge in [-0.25, -0.2) is 4.79 Å². The van der Waals surface area contributed by atoms with E-state index >= 15 is 0 Å². The van der Waals surface area contributed by atoms with Crippen LogP contribution in [0.2, 0.25) is 5.02 Å². The molecule has 3 rings (SSSR count). The molecule has 1 heterocycles. The van der Waals surface area contributed by atoms with E-state index in [0.717, 1.165) is 18.4 Å². The number of carbonyl (C=O) groups excluding carboxylic acids is 2. The topological polar surface area (TPSA) is 52.7 Å². The van der Waals surface area contributed by atoms with Crippen LogP contribution >= 0.6 is 11.6 Å². The molecule has 1 aromatic rings. The van der Waals surface area contributed by atoms with Crippen LogP contribution in [-0.2, 0) is 4.79 Å². The molecule has 1 saturated heterocycles. The Morgan fingerprint density at radius 3 is 2.77 bits per heavy atom. The Labute approximate surface area is 135 Å². The van der Waals surface area contributed by atoms with Gasteiger partial charge in [-0.3, -0.25) is 14.6 Å². The molecule has 1 aliphatic heterocycles. The summed E-state index contributed by atoms with van der Waals surface area (Å²) in [5, 5.41) is 3.38. The number of nitrogens with one attached hydrogen (secondary N) is 1. The van der Waals surface area contributed by atoms with Crippen LogP contribution in [0.5, 0.6) is 0 Å². The largest absolute Gasteiger partial charge is 0.336 e. The van der Waals surface area contributed by atoms with E-state index < -0.39 is 0 Å². The molecule has 118 valence electrons. The summed E-state index contributed by atoms with van der Waals surface area (Å²) >= 11 is 6.29. The Morgan fingerprint density at radius 2 is 2.18 bits per heavy atom.